The molecule has 2 fully saturated rings. The molecule has 1 saturated carbocycles. The van der Waals surface area contributed by atoms with E-state index in [9.17, 15) is 14.8 Å². The highest BCUT2D eigenvalue weighted by Gasteiger charge is 2.27. The summed E-state index contributed by atoms with van der Waals surface area (Å²) >= 11 is 0. The van der Waals surface area contributed by atoms with E-state index in [1.54, 1.807) is 0 Å². The first-order valence-electron chi connectivity index (χ1n) is 11.7. The summed E-state index contributed by atoms with van der Waals surface area (Å²) in [5.74, 6) is 1.16. The van der Waals surface area contributed by atoms with Crippen molar-refractivity contribution in [2.45, 2.75) is 52.4 Å². The SMILES string of the molecule is CCc1nc(NNC(=O)[C@@H](CC2CCCC2)CN(O)C=O)nc(N2CCN(CC)CC2)n1. The summed E-state index contributed by atoms with van der Waals surface area (Å²) in [5.41, 5.74) is 5.51. The summed E-state index contributed by atoms with van der Waals surface area (Å²) < 4.78 is 0. The Morgan fingerprint density at radius 3 is 2.53 bits per heavy atom. The Kier molecular flexibility index (Phi) is 8.98. The van der Waals surface area contributed by atoms with Crippen LogP contribution in [-0.2, 0) is 16.0 Å². The van der Waals surface area contributed by atoms with Gasteiger partial charge in [-0.05, 0) is 18.9 Å². The van der Waals surface area contributed by atoms with Crippen molar-refractivity contribution >= 4 is 24.2 Å². The molecule has 11 heteroatoms. The molecule has 11 nitrogen and oxygen atoms in total. The van der Waals surface area contributed by atoms with Crippen molar-refractivity contribution in [3.63, 3.8) is 0 Å². The summed E-state index contributed by atoms with van der Waals surface area (Å²) in [5, 5.41) is 10.2. The molecule has 178 valence electrons. The van der Waals surface area contributed by atoms with E-state index in [1.807, 2.05) is 6.92 Å². The van der Waals surface area contributed by atoms with Gasteiger partial charge in [0.15, 0.2) is 0 Å². The molecular formula is C21H36N8O3. The number of hydrogen-bond acceptors (Lipinski definition) is 9. The number of rotatable bonds is 11. The van der Waals surface area contributed by atoms with E-state index in [4.69, 9.17) is 0 Å². The molecule has 2 amide bonds. The third kappa shape index (κ3) is 6.73. The van der Waals surface area contributed by atoms with Crippen molar-refractivity contribution in [2.75, 3.05) is 49.6 Å². The van der Waals surface area contributed by atoms with Gasteiger partial charge in [-0.15, -0.1) is 0 Å². The van der Waals surface area contributed by atoms with Crippen LogP contribution in [0.3, 0.4) is 0 Å². The molecule has 1 aliphatic carbocycles. The van der Waals surface area contributed by atoms with Crippen molar-refractivity contribution in [3.05, 3.63) is 5.82 Å². The standard InChI is InChI=1S/C21H36N8O3/c1-3-18-22-20(24-21(23-18)28-11-9-27(4-2)10-12-28)26-25-19(31)17(14-29(32)15-30)13-16-7-5-6-8-16/h15-17,32H,3-14H2,1-2H3,(H,25,31)(H,22,23,24,26)/t17-/m0/s1. The maximum Gasteiger partial charge on any atom is 0.246 e. The molecule has 1 aromatic rings. The molecule has 0 spiro atoms. The summed E-state index contributed by atoms with van der Waals surface area (Å²) in [4.78, 5) is 41.7. The minimum Gasteiger partial charge on any atom is -0.338 e. The number of aryl methyl sites for hydroxylation is 1. The molecule has 0 unspecified atom stereocenters. The van der Waals surface area contributed by atoms with Crippen LogP contribution in [0.15, 0.2) is 0 Å². The average molecular weight is 449 g/mol. The Bertz CT molecular complexity index is 751. The van der Waals surface area contributed by atoms with Crippen LogP contribution in [0.4, 0.5) is 11.9 Å². The fourth-order valence-corrected chi connectivity index (χ4v) is 4.43. The quantitative estimate of drug-likeness (QED) is 0.259. The molecule has 3 rings (SSSR count). The van der Waals surface area contributed by atoms with Gasteiger partial charge >= 0.3 is 0 Å². The van der Waals surface area contributed by atoms with Crippen LogP contribution < -0.4 is 15.8 Å². The second-order valence-corrected chi connectivity index (χ2v) is 8.57. The number of hydrazine groups is 1. The monoisotopic (exact) mass is 448 g/mol. The first-order valence-corrected chi connectivity index (χ1v) is 11.7. The Morgan fingerprint density at radius 1 is 1.19 bits per heavy atom. The molecule has 2 aliphatic rings. The Hall–Kier alpha value is -2.53. The normalized spacial score (nSPS) is 18.4. The van der Waals surface area contributed by atoms with E-state index >= 15 is 0 Å². The number of hydrogen-bond donors (Lipinski definition) is 3. The molecule has 1 saturated heterocycles. The van der Waals surface area contributed by atoms with Gasteiger partial charge in [-0.1, -0.05) is 39.5 Å². The predicted octanol–water partition coefficient (Wildman–Crippen LogP) is 1.06. The zero-order chi connectivity index (χ0) is 22.9. The van der Waals surface area contributed by atoms with E-state index in [2.05, 4.69) is 42.5 Å². The van der Waals surface area contributed by atoms with Gasteiger partial charge < -0.3 is 9.80 Å². The van der Waals surface area contributed by atoms with Gasteiger partial charge in [0.2, 0.25) is 24.2 Å². The van der Waals surface area contributed by atoms with Crippen LogP contribution in [0.1, 0.15) is 51.8 Å². The van der Waals surface area contributed by atoms with Crippen LogP contribution in [0.5, 0.6) is 0 Å². The highest BCUT2D eigenvalue weighted by atomic mass is 16.5. The zero-order valence-electron chi connectivity index (χ0n) is 19.2. The molecule has 2 heterocycles. The Morgan fingerprint density at radius 2 is 1.91 bits per heavy atom. The number of nitrogens with one attached hydrogen (secondary N) is 2. The van der Waals surface area contributed by atoms with Crippen LogP contribution in [0.25, 0.3) is 0 Å². The van der Waals surface area contributed by atoms with Crippen molar-refractivity contribution in [3.8, 4) is 0 Å². The number of anilines is 2. The predicted molar refractivity (Wildman–Crippen MR) is 120 cm³/mol. The number of aromatic nitrogens is 3. The molecule has 0 radical (unpaired) electrons. The van der Waals surface area contributed by atoms with Crippen molar-refractivity contribution in [1.29, 1.82) is 0 Å². The second kappa shape index (κ2) is 11.9. The minimum absolute atomic E-state index is 0.0438. The number of carbonyl (C=O) groups is 2. The highest BCUT2D eigenvalue weighted by molar-refractivity contribution is 5.80. The van der Waals surface area contributed by atoms with E-state index in [0.717, 1.165) is 58.4 Å². The molecule has 1 atom stereocenters. The first kappa shape index (κ1) is 24.1. The molecule has 1 aromatic heterocycles. The highest BCUT2D eigenvalue weighted by Crippen LogP contribution is 2.30. The van der Waals surface area contributed by atoms with Gasteiger partial charge in [-0.3, -0.25) is 25.6 Å². The smallest absolute Gasteiger partial charge is 0.246 e. The topological polar surface area (TPSA) is 127 Å². The van der Waals surface area contributed by atoms with Gasteiger partial charge in [0.1, 0.15) is 5.82 Å². The van der Waals surface area contributed by atoms with Gasteiger partial charge in [0.25, 0.3) is 0 Å². The van der Waals surface area contributed by atoms with Gasteiger partial charge in [-0.2, -0.15) is 15.0 Å². The number of piperazine rings is 1. The maximum atomic E-state index is 12.9. The van der Waals surface area contributed by atoms with Gasteiger partial charge in [0, 0.05) is 32.6 Å². The zero-order valence-corrected chi connectivity index (χ0v) is 19.2. The number of amides is 2. The second-order valence-electron chi connectivity index (χ2n) is 8.57. The molecular weight excluding hydrogens is 412 g/mol. The molecule has 1 aliphatic heterocycles. The van der Waals surface area contributed by atoms with Crippen LogP contribution in [0.2, 0.25) is 0 Å². The van der Waals surface area contributed by atoms with Crippen molar-refractivity contribution in [1.82, 2.24) is 30.3 Å². The minimum atomic E-state index is -0.519. The lowest BCUT2D eigenvalue weighted by atomic mass is 9.92. The van der Waals surface area contributed by atoms with Crippen LogP contribution >= 0.6 is 0 Å². The third-order valence-corrected chi connectivity index (χ3v) is 6.38. The molecule has 32 heavy (non-hydrogen) atoms. The van der Waals surface area contributed by atoms with Crippen LogP contribution in [-0.4, -0.2) is 81.7 Å². The summed E-state index contributed by atoms with van der Waals surface area (Å²) in [7, 11) is 0. The van der Waals surface area contributed by atoms with Gasteiger partial charge in [0.05, 0.1) is 12.5 Å². The van der Waals surface area contributed by atoms with E-state index in [1.165, 1.54) is 0 Å². The number of hydroxylamine groups is 2. The lowest BCUT2D eigenvalue weighted by Gasteiger charge is -2.34. The van der Waals surface area contributed by atoms with Crippen molar-refractivity contribution in [2.24, 2.45) is 11.8 Å². The third-order valence-electron chi connectivity index (χ3n) is 6.38. The van der Waals surface area contributed by atoms with Crippen LogP contribution in [0, 0.1) is 11.8 Å². The summed E-state index contributed by atoms with van der Waals surface area (Å²) in [6, 6.07) is 0. The summed E-state index contributed by atoms with van der Waals surface area (Å²) in [6.45, 7) is 8.72. The van der Waals surface area contributed by atoms with E-state index < -0.39 is 5.92 Å². The molecule has 3 N–H and O–H groups in total. The van der Waals surface area contributed by atoms with E-state index in [0.29, 0.717) is 42.0 Å². The average Bonchev–Trinajstić information content (AvgIpc) is 3.35. The number of likely N-dealkylation sites (N-methyl/N-ethyl adjacent to an activating group) is 1. The fourth-order valence-electron chi connectivity index (χ4n) is 4.43. The number of nitrogens with zero attached hydrogens (tertiary/aromatic N) is 6. The first-order chi connectivity index (χ1) is 15.5. The fraction of sp³-hybridized carbons (Fsp3) is 0.762. The lowest BCUT2D eigenvalue weighted by Crippen LogP contribution is -2.47. The Labute approximate surface area is 189 Å². The maximum absolute atomic E-state index is 12.9. The van der Waals surface area contributed by atoms with E-state index in [-0.39, 0.29) is 18.4 Å². The lowest BCUT2D eigenvalue weighted by molar-refractivity contribution is -0.154. The summed E-state index contributed by atoms with van der Waals surface area (Å²) in [6.07, 6.45) is 6.07. The number of carbonyl (C=O) groups excluding carboxylic acids is 2. The molecule has 0 aromatic carbocycles. The Balaban J connectivity index is 1.64. The van der Waals surface area contributed by atoms with Gasteiger partial charge in [-0.25, -0.2) is 5.06 Å². The molecule has 0 bridgehead atoms. The largest absolute Gasteiger partial charge is 0.338 e. The van der Waals surface area contributed by atoms with Crippen molar-refractivity contribution < 1.29 is 14.8 Å².